The Morgan fingerprint density at radius 3 is 2.04 bits per heavy atom. The maximum atomic E-state index is 12.3. The van der Waals surface area contributed by atoms with Crippen LogP contribution in [0.5, 0.6) is 0 Å². The molecular weight excluding hydrogens is 332 g/mol. The first-order chi connectivity index (χ1) is 11.8. The number of hydrogen-bond acceptors (Lipinski definition) is 8. The van der Waals surface area contributed by atoms with E-state index in [9.17, 15) is 19.5 Å². The molecule has 1 aromatic rings. The lowest BCUT2D eigenvalue weighted by Gasteiger charge is -2.41. The second-order valence-corrected chi connectivity index (χ2v) is 5.62. The molecule has 0 aliphatic carbocycles. The van der Waals surface area contributed by atoms with Crippen LogP contribution < -0.4 is 0 Å². The molecule has 1 aromatic carbocycles. The molecule has 0 amide bonds. The van der Waals surface area contributed by atoms with Crippen LogP contribution in [-0.2, 0) is 28.5 Å². The molecule has 1 saturated heterocycles. The van der Waals surface area contributed by atoms with E-state index in [2.05, 4.69) is 0 Å². The average Bonchev–Trinajstić information content (AvgIpc) is 2.54. The third-order valence-electron chi connectivity index (χ3n) is 3.60. The summed E-state index contributed by atoms with van der Waals surface area (Å²) in [5.74, 6) is -2.03. The average molecular weight is 352 g/mol. The summed E-state index contributed by atoms with van der Waals surface area (Å²) in [4.78, 5) is 35.0. The summed E-state index contributed by atoms with van der Waals surface area (Å²) in [5, 5.41) is 10.0. The Labute approximate surface area is 144 Å². The normalized spacial score (nSPS) is 28.7. The highest BCUT2D eigenvalue weighted by molar-refractivity contribution is 5.89. The molecule has 0 aromatic heterocycles. The molecule has 1 aliphatic heterocycles. The summed E-state index contributed by atoms with van der Waals surface area (Å²) in [6.45, 7) is 3.85. The Morgan fingerprint density at radius 1 is 0.920 bits per heavy atom. The number of benzene rings is 1. The Hall–Kier alpha value is -2.45. The minimum Gasteiger partial charge on any atom is -0.454 e. The summed E-state index contributed by atoms with van der Waals surface area (Å²) in [6, 6.07) is 8.22. The lowest BCUT2D eigenvalue weighted by atomic mass is 9.99. The van der Waals surface area contributed by atoms with E-state index in [0.29, 0.717) is 5.56 Å². The first kappa shape index (κ1) is 18.9. The van der Waals surface area contributed by atoms with Crippen LogP contribution in [0, 0.1) is 0 Å². The van der Waals surface area contributed by atoms with Crippen molar-refractivity contribution < 1.29 is 38.4 Å². The van der Waals surface area contributed by atoms with Crippen molar-refractivity contribution in [2.24, 2.45) is 0 Å². The molecule has 25 heavy (non-hydrogen) atoms. The number of carbonyl (C=O) groups excluding carboxylic acids is 3. The van der Waals surface area contributed by atoms with E-state index in [1.54, 1.807) is 37.3 Å². The lowest BCUT2D eigenvalue weighted by molar-refractivity contribution is -0.284. The van der Waals surface area contributed by atoms with Crippen molar-refractivity contribution >= 4 is 17.9 Å². The SMILES string of the molecule is CC(=O)O[C@@H]1[C@@H](OC(C)=O)[C@@H](O)O[C@H](C)[C@H]1OC(=O)c1ccccc1. The van der Waals surface area contributed by atoms with E-state index < -0.39 is 48.6 Å². The minimum atomic E-state index is -1.52. The van der Waals surface area contributed by atoms with Crippen molar-refractivity contribution in [1.82, 2.24) is 0 Å². The number of esters is 3. The number of aliphatic hydroxyl groups is 1. The Morgan fingerprint density at radius 2 is 1.48 bits per heavy atom. The van der Waals surface area contributed by atoms with Gasteiger partial charge in [-0.25, -0.2) is 4.79 Å². The quantitative estimate of drug-likeness (QED) is 0.626. The zero-order valence-electron chi connectivity index (χ0n) is 14.1. The molecule has 0 spiro atoms. The van der Waals surface area contributed by atoms with Crippen molar-refractivity contribution in [3.05, 3.63) is 35.9 Å². The van der Waals surface area contributed by atoms with Crippen molar-refractivity contribution in [3.63, 3.8) is 0 Å². The summed E-state index contributed by atoms with van der Waals surface area (Å²) < 4.78 is 20.9. The molecule has 0 unspecified atom stereocenters. The maximum Gasteiger partial charge on any atom is 0.338 e. The fraction of sp³-hybridized carbons (Fsp3) is 0.471. The van der Waals surface area contributed by atoms with Gasteiger partial charge in [0.05, 0.1) is 11.7 Å². The second kappa shape index (κ2) is 8.09. The Kier molecular flexibility index (Phi) is 6.11. The maximum absolute atomic E-state index is 12.3. The molecule has 8 nitrogen and oxygen atoms in total. The third-order valence-corrected chi connectivity index (χ3v) is 3.60. The first-order valence-electron chi connectivity index (χ1n) is 7.73. The number of ether oxygens (including phenoxy) is 4. The van der Waals surface area contributed by atoms with E-state index >= 15 is 0 Å². The number of hydrogen-bond donors (Lipinski definition) is 1. The fourth-order valence-corrected chi connectivity index (χ4v) is 2.56. The van der Waals surface area contributed by atoms with Crippen LogP contribution >= 0.6 is 0 Å². The van der Waals surface area contributed by atoms with Crippen molar-refractivity contribution in [1.29, 1.82) is 0 Å². The molecule has 1 heterocycles. The van der Waals surface area contributed by atoms with Gasteiger partial charge in [-0.1, -0.05) is 18.2 Å². The largest absolute Gasteiger partial charge is 0.454 e. The summed E-state index contributed by atoms with van der Waals surface area (Å²) >= 11 is 0. The molecule has 1 N–H and O–H groups in total. The van der Waals surface area contributed by atoms with Crippen LogP contribution in [0.2, 0.25) is 0 Å². The molecular formula is C17H20O8. The smallest absolute Gasteiger partial charge is 0.338 e. The fourth-order valence-electron chi connectivity index (χ4n) is 2.56. The van der Waals surface area contributed by atoms with Crippen molar-refractivity contribution in [3.8, 4) is 0 Å². The van der Waals surface area contributed by atoms with Crippen LogP contribution in [0.15, 0.2) is 30.3 Å². The summed E-state index contributed by atoms with van der Waals surface area (Å²) in [6.07, 6.45) is -5.89. The minimum absolute atomic E-state index is 0.298. The van der Waals surface area contributed by atoms with Gasteiger partial charge in [0.25, 0.3) is 0 Å². The van der Waals surface area contributed by atoms with Gasteiger partial charge in [0.1, 0.15) is 0 Å². The van der Waals surface area contributed by atoms with Gasteiger partial charge in [-0.15, -0.1) is 0 Å². The van der Waals surface area contributed by atoms with Crippen molar-refractivity contribution in [2.75, 3.05) is 0 Å². The van der Waals surface area contributed by atoms with Crippen LogP contribution in [0.25, 0.3) is 0 Å². The molecule has 136 valence electrons. The molecule has 5 atom stereocenters. The van der Waals surface area contributed by atoms with Gasteiger partial charge in [-0.3, -0.25) is 9.59 Å². The monoisotopic (exact) mass is 352 g/mol. The van der Waals surface area contributed by atoms with E-state index in [0.717, 1.165) is 13.8 Å². The van der Waals surface area contributed by atoms with Crippen LogP contribution in [-0.4, -0.2) is 53.7 Å². The summed E-state index contributed by atoms with van der Waals surface area (Å²) in [5.41, 5.74) is 0.298. The van der Waals surface area contributed by atoms with Gasteiger partial charge in [0.15, 0.2) is 24.6 Å². The highest BCUT2D eigenvalue weighted by Crippen LogP contribution is 2.28. The van der Waals surface area contributed by atoms with E-state index in [4.69, 9.17) is 18.9 Å². The Balaban J connectivity index is 2.25. The molecule has 1 aliphatic rings. The summed E-state index contributed by atoms with van der Waals surface area (Å²) in [7, 11) is 0. The van der Waals surface area contributed by atoms with Gasteiger partial charge in [0, 0.05) is 13.8 Å². The predicted molar refractivity (Wildman–Crippen MR) is 83.3 cm³/mol. The van der Waals surface area contributed by atoms with E-state index in [1.807, 2.05) is 0 Å². The molecule has 0 bridgehead atoms. The van der Waals surface area contributed by atoms with E-state index in [-0.39, 0.29) is 0 Å². The molecule has 0 saturated carbocycles. The molecule has 1 fully saturated rings. The predicted octanol–water partition coefficient (Wildman–Crippen LogP) is 0.812. The second-order valence-electron chi connectivity index (χ2n) is 5.62. The van der Waals surface area contributed by atoms with Gasteiger partial charge in [-0.05, 0) is 19.1 Å². The number of rotatable bonds is 4. The van der Waals surface area contributed by atoms with E-state index in [1.165, 1.54) is 0 Å². The Bertz CT molecular complexity index is 629. The first-order valence-corrected chi connectivity index (χ1v) is 7.73. The highest BCUT2D eigenvalue weighted by atomic mass is 16.7. The number of aliphatic hydroxyl groups excluding tert-OH is 1. The molecule has 2 rings (SSSR count). The third kappa shape index (κ3) is 4.77. The van der Waals surface area contributed by atoms with Crippen LogP contribution in [0.1, 0.15) is 31.1 Å². The molecule has 0 radical (unpaired) electrons. The zero-order valence-corrected chi connectivity index (χ0v) is 14.1. The molecule has 8 heteroatoms. The van der Waals surface area contributed by atoms with Gasteiger partial charge in [0.2, 0.25) is 0 Å². The van der Waals surface area contributed by atoms with Crippen LogP contribution in [0.4, 0.5) is 0 Å². The van der Waals surface area contributed by atoms with Gasteiger partial charge < -0.3 is 24.1 Å². The van der Waals surface area contributed by atoms with Gasteiger partial charge >= 0.3 is 17.9 Å². The lowest BCUT2D eigenvalue weighted by Crippen LogP contribution is -2.60. The standard InChI is InChI=1S/C17H20O8/c1-9-13(25-16(20)12-7-5-4-6-8-12)14(23-10(2)18)15(17(21)22-9)24-11(3)19/h4-9,13-15,17,21H,1-3H3/t9-,13-,14+,15-,17+/m1/s1. The number of carbonyl (C=O) groups is 3. The topological polar surface area (TPSA) is 108 Å². The highest BCUT2D eigenvalue weighted by Gasteiger charge is 2.50. The van der Waals surface area contributed by atoms with Crippen LogP contribution in [0.3, 0.4) is 0 Å². The zero-order chi connectivity index (χ0) is 18.6. The van der Waals surface area contributed by atoms with Crippen molar-refractivity contribution in [2.45, 2.75) is 51.5 Å². The van der Waals surface area contributed by atoms with Gasteiger partial charge in [-0.2, -0.15) is 0 Å².